The van der Waals surface area contributed by atoms with Gasteiger partial charge in [-0.25, -0.2) is 14.4 Å². The number of amides is 1. The zero-order chi connectivity index (χ0) is 23.2. The van der Waals surface area contributed by atoms with Gasteiger partial charge in [0, 0.05) is 5.92 Å². The number of thioether (sulfide) groups is 1. The summed E-state index contributed by atoms with van der Waals surface area (Å²) in [6, 6.07) is 7.25. The predicted octanol–water partition coefficient (Wildman–Crippen LogP) is 3.44. The SMILES string of the molecule is Cc1oc(=O)oc1COC(=O)SC(C)(C)[C@@H](NC(=O)C(C)C)C(=O)Oc1ccccc1. The lowest BCUT2D eigenvalue weighted by molar-refractivity contribution is -0.140. The topological polar surface area (TPSA) is 125 Å². The van der Waals surface area contributed by atoms with Crippen LogP contribution < -0.4 is 15.9 Å². The van der Waals surface area contributed by atoms with E-state index >= 15 is 0 Å². The van der Waals surface area contributed by atoms with E-state index in [4.69, 9.17) is 18.3 Å². The number of carbonyl (C=O) groups is 3. The number of ether oxygens (including phenoxy) is 2. The first-order chi connectivity index (χ1) is 14.5. The van der Waals surface area contributed by atoms with Crippen LogP contribution in [0.15, 0.2) is 44.0 Å². The van der Waals surface area contributed by atoms with Crippen molar-refractivity contribution in [3.63, 3.8) is 0 Å². The van der Waals surface area contributed by atoms with Gasteiger partial charge in [0.15, 0.2) is 18.1 Å². The Morgan fingerprint density at radius 1 is 1.13 bits per heavy atom. The highest BCUT2D eigenvalue weighted by molar-refractivity contribution is 8.14. The van der Waals surface area contributed by atoms with Crippen LogP contribution in [0.3, 0.4) is 0 Å². The van der Waals surface area contributed by atoms with Gasteiger partial charge in [-0.2, -0.15) is 0 Å². The van der Waals surface area contributed by atoms with Crippen LogP contribution >= 0.6 is 11.8 Å². The first-order valence-electron chi connectivity index (χ1n) is 9.52. The molecule has 0 aliphatic heterocycles. The molecular formula is C21H25NO8S. The molecule has 2 aromatic rings. The molecule has 1 heterocycles. The van der Waals surface area contributed by atoms with E-state index in [-0.39, 0.29) is 30.0 Å². The Kier molecular flexibility index (Phi) is 8.09. The number of benzene rings is 1. The number of para-hydroxylation sites is 1. The lowest BCUT2D eigenvalue weighted by atomic mass is 10.0. The molecule has 0 aliphatic carbocycles. The number of carbonyl (C=O) groups excluding carboxylic acids is 3. The third-order valence-corrected chi connectivity index (χ3v) is 5.25. The average Bonchev–Trinajstić information content (AvgIpc) is 3.01. The van der Waals surface area contributed by atoms with Gasteiger partial charge >= 0.3 is 17.1 Å². The minimum absolute atomic E-state index is 0.0879. The van der Waals surface area contributed by atoms with Crippen LogP contribution in [0.2, 0.25) is 0 Å². The second-order valence-electron chi connectivity index (χ2n) is 7.51. The fourth-order valence-corrected chi connectivity index (χ4v) is 3.24. The fraction of sp³-hybridized carbons (Fsp3) is 0.429. The fourth-order valence-electron chi connectivity index (χ4n) is 2.42. The van der Waals surface area contributed by atoms with Gasteiger partial charge in [-0.1, -0.05) is 32.0 Å². The summed E-state index contributed by atoms with van der Waals surface area (Å²) >= 11 is 0.707. The Bertz CT molecular complexity index is 977. The molecule has 0 aliphatic rings. The van der Waals surface area contributed by atoms with Gasteiger partial charge in [0.25, 0.3) is 0 Å². The Hall–Kier alpha value is -3.01. The molecule has 0 radical (unpaired) electrons. The Balaban J connectivity index is 2.12. The van der Waals surface area contributed by atoms with Crippen LogP contribution in [0.25, 0.3) is 0 Å². The average molecular weight is 451 g/mol. The zero-order valence-corrected chi connectivity index (χ0v) is 18.7. The Labute approximate surface area is 183 Å². The molecule has 1 aromatic heterocycles. The van der Waals surface area contributed by atoms with Gasteiger partial charge in [0.05, 0.1) is 4.75 Å². The molecule has 0 spiro atoms. The van der Waals surface area contributed by atoms with Crippen molar-refractivity contribution in [2.45, 2.75) is 52.0 Å². The van der Waals surface area contributed by atoms with Gasteiger partial charge in [0.1, 0.15) is 11.8 Å². The van der Waals surface area contributed by atoms with Crippen LogP contribution in [-0.2, 0) is 20.9 Å². The van der Waals surface area contributed by atoms with E-state index in [9.17, 15) is 19.2 Å². The van der Waals surface area contributed by atoms with Gasteiger partial charge in [-0.3, -0.25) is 4.79 Å². The Morgan fingerprint density at radius 2 is 1.77 bits per heavy atom. The molecular weight excluding hydrogens is 426 g/mol. The van der Waals surface area contributed by atoms with Gasteiger partial charge in [-0.05, 0) is 44.7 Å². The van der Waals surface area contributed by atoms with Crippen molar-refractivity contribution < 1.29 is 32.7 Å². The zero-order valence-electron chi connectivity index (χ0n) is 17.9. The monoisotopic (exact) mass is 451 g/mol. The lowest BCUT2D eigenvalue weighted by Gasteiger charge is -2.32. The highest BCUT2D eigenvalue weighted by Crippen LogP contribution is 2.31. The maximum Gasteiger partial charge on any atom is 0.519 e. The number of nitrogens with one attached hydrogen (secondary N) is 1. The second-order valence-corrected chi connectivity index (χ2v) is 9.10. The number of hydrogen-bond donors (Lipinski definition) is 1. The van der Waals surface area contributed by atoms with E-state index in [1.165, 1.54) is 6.92 Å². The molecule has 1 aromatic carbocycles. The molecule has 0 saturated carbocycles. The lowest BCUT2D eigenvalue weighted by Crippen LogP contribution is -2.55. The van der Waals surface area contributed by atoms with E-state index < -0.39 is 27.9 Å². The van der Waals surface area contributed by atoms with Crippen LogP contribution in [0, 0.1) is 12.8 Å². The molecule has 10 heteroatoms. The quantitative estimate of drug-likeness (QED) is 0.474. The highest BCUT2D eigenvalue weighted by atomic mass is 32.2. The number of rotatable bonds is 8. The van der Waals surface area contributed by atoms with Gasteiger partial charge in [0.2, 0.25) is 5.91 Å². The third kappa shape index (κ3) is 7.02. The minimum Gasteiger partial charge on any atom is -0.449 e. The van der Waals surface area contributed by atoms with Crippen LogP contribution in [0.1, 0.15) is 39.2 Å². The summed E-state index contributed by atoms with van der Waals surface area (Å²) < 4.78 is 18.9. The van der Waals surface area contributed by atoms with Crippen molar-refractivity contribution in [1.82, 2.24) is 5.32 Å². The molecule has 9 nitrogen and oxygen atoms in total. The molecule has 31 heavy (non-hydrogen) atoms. The third-order valence-electron chi connectivity index (χ3n) is 4.21. The summed E-state index contributed by atoms with van der Waals surface area (Å²) in [6.07, 6.45) is 0. The van der Waals surface area contributed by atoms with Crippen LogP contribution in [-0.4, -0.2) is 28.0 Å². The second kappa shape index (κ2) is 10.3. The summed E-state index contributed by atoms with van der Waals surface area (Å²) in [5, 5.41) is 1.92. The summed E-state index contributed by atoms with van der Waals surface area (Å²) in [5.41, 5.74) is 0. The van der Waals surface area contributed by atoms with E-state index in [2.05, 4.69) is 5.32 Å². The van der Waals surface area contributed by atoms with Crippen LogP contribution in [0.5, 0.6) is 5.75 Å². The summed E-state index contributed by atoms with van der Waals surface area (Å²) in [7, 11) is 0. The van der Waals surface area contributed by atoms with Crippen molar-refractivity contribution in [2.75, 3.05) is 0 Å². The van der Waals surface area contributed by atoms with Gasteiger partial charge in [-0.15, -0.1) is 0 Å². The summed E-state index contributed by atoms with van der Waals surface area (Å²) in [6.45, 7) is 7.78. The highest BCUT2D eigenvalue weighted by Gasteiger charge is 2.41. The van der Waals surface area contributed by atoms with Crippen molar-refractivity contribution in [2.24, 2.45) is 5.92 Å². The number of hydrogen-bond acceptors (Lipinski definition) is 9. The van der Waals surface area contributed by atoms with Gasteiger partial charge < -0.3 is 23.6 Å². The van der Waals surface area contributed by atoms with E-state index in [1.54, 1.807) is 58.0 Å². The summed E-state index contributed by atoms with van der Waals surface area (Å²) in [4.78, 5) is 48.6. The van der Waals surface area contributed by atoms with Crippen molar-refractivity contribution >= 4 is 28.9 Å². The largest absolute Gasteiger partial charge is 0.519 e. The number of aryl methyl sites for hydroxylation is 1. The molecule has 0 unspecified atom stereocenters. The van der Waals surface area contributed by atoms with Crippen molar-refractivity contribution in [1.29, 1.82) is 0 Å². The van der Waals surface area contributed by atoms with Crippen LogP contribution in [0.4, 0.5) is 4.79 Å². The molecule has 0 fully saturated rings. The van der Waals surface area contributed by atoms with Crippen molar-refractivity contribution in [3.8, 4) is 5.75 Å². The smallest absolute Gasteiger partial charge is 0.449 e. The predicted molar refractivity (Wildman–Crippen MR) is 113 cm³/mol. The van der Waals surface area contributed by atoms with Crippen molar-refractivity contribution in [3.05, 3.63) is 52.5 Å². The number of esters is 1. The maximum absolute atomic E-state index is 12.9. The van der Waals surface area contributed by atoms with E-state index in [1.807, 2.05) is 0 Å². The minimum atomic E-state index is -1.14. The Morgan fingerprint density at radius 3 is 2.32 bits per heavy atom. The molecule has 0 bridgehead atoms. The standard InChI is InChI=1S/C21H25NO8S/c1-12(2)17(23)22-16(18(24)29-14-9-7-6-8-10-14)21(4,5)31-20(26)27-11-15-13(3)28-19(25)30-15/h6-10,12,16H,11H2,1-5H3,(H,22,23)/t16-/m0/s1. The first-order valence-corrected chi connectivity index (χ1v) is 10.3. The maximum atomic E-state index is 12.9. The first kappa shape index (κ1) is 24.3. The molecule has 1 amide bonds. The molecule has 2 rings (SSSR count). The molecule has 0 saturated heterocycles. The molecule has 1 N–H and O–H groups in total. The normalized spacial score (nSPS) is 12.3. The molecule has 168 valence electrons. The summed E-state index contributed by atoms with van der Waals surface area (Å²) in [5.74, 6) is -1.76. The molecule has 1 atom stereocenters. The van der Waals surface area contributed by atoms with E-state index in [0.717, 1.165) is 0 Å². The van der Waals surface area contributed by atoms with E-state index in [0.29, 0.717) is 17.5 Å².